The van der Waals surface area contributed by atoms with Gasteiger partial charge in [-0.25, -0.2) is 4.79 Å². The molecule has 0 bridgehead atoms. The van der Waals surface area contributed by atoms with Crippen LogP contribution >= 0.6 is 0 Å². The monoisotopic (exact) mass is 533 g/mol. The van der Waals surface area contributed by atoms with Crippen molar-refractivity contribution in [2.45, 2.75) is 87.9 Å². The Kier molecular flexibility index (Phi) is 7.47. The number of hydrogen-bond acceptors (Lipinski definition) is 10. The smallest absolute Gasteiger partial charge is 0.339 e. The minimum atomic E-state index is -2.10. The molecule has 210 valence electrons. The van der Waals surface area contributed by atoms with Crippen LogP contribution < -0.4 is 0 Å². The highest BCUT2D eigenvalue weighted by molar-refractivity contribution is 5.86. The Bertz CT molecular complexity index is 1060. The number of aliphatic hydroxyl groups is 2. The Morgan fingerprint density at radius 3 is 2.47 bits per heavy atom. The lowest BCUT2D eigenvalue weighted by molar-refractivity contribution is -0.179. The fourth-order valence-corrected chi connectivity index (χ4v) is 6.63. The third-order valence-electron chi connectivity index (χ3n) is 8.49. The summed E-state index contributed by atoms with van der Waals surface area (Å²) >= 11 is 0. The number of rotatable bonds is 9. The molecule has 2 N–H and O–H groups in total. The van der Waals surface area contributed by atoms with E-state index >= 15 is 0 Å². The Morgan fingerprint density at radius 2 is 1.79 bits per heavy atom. The molecule has 0 radical (unpaired) electrons. The Balaban J connectivity index is 1.46. The molecule has 0 aromatic heterocycles. The van der Waals surface area contributed by atoms with Gasteiger partial charge in [0.2, 0.25) is 0 Å². The molecule has 6 atom stereocenters. The SMILES string of the molecule is COC(=O)CC(O)(CCCC(C)(C)O)C(=O)OC1C(OC)=C2CCN3CCC4=CC5OCOC5C=C4C1C23. The van der Waals surface area contributed by atoms with Gasteiger partial charge in [-0.1, -0.05) is 0 Å². The van der Waals surface area contributed by atoms with E-state index in [1.54, 1.807) is 21.0 Å². The van der Waals surface area contributed by atoms with Crippen LogP contribution in [-0.4, -0.2) is 96.7 Å². The van der Waals surface area contributed by atoms with Crippen LogP contribution in [0.1, 0.15) is 52.4 Å². The fourth-order valence-electron chi connectivity index (χ4n) is 6.63. The zero-order valence-electron chi connectivity index (χ0n) is 22.6. The predicted molar refractivity (Wildman–Crippen MR) is 135 cm³/mol. The average Bonchev–Trinajstić information content (AvgIpc) is 3.52. The van der Waals surface area contributed by atoms with Gasteiger partial charge in [0.15, 0.2) is 11.7 Å². The molecule has 3 heterocycles. The number of carbonyl (C=O) groups excluding carboxylic acids is 2. The van der Waals surface area contributed by atoms with Crippen LogP contribution in [0.2, 0.25) is 0 Å². The summed E-state index contributed by atoms with van der Waals surface area (Å²) in [6.45, 7) is 5.31. The van der Waals surface area contributed by atoms with Crippen molar-refractivity contribution in [1.82, 2.24) is 4.90 Å². The lowest BCUT2D eigenvalue weighted by atomic mass is 9.81. The lowest BCUT2D eigenvalue weighted by Crippen LogP contribution is -2.47. The first-order chi connectivity index (χ1) is 18.0. The van der Waals surface area contributed by atoms with E-state index < -0.39 is 35.7 Å². The van der Waals surface area contributed by atoms with Gasteiger partial charge in [-0.15, -0.1) is 0 Å². The van der Waals surface area contributed by atoms with Crippen molar-refractivity contribution in [3.8, 4) is 0 Å². The van der Waals surface area contributed by atoms with Gasteiger partial charge in [-0.05, 0) is 74.8 Å². The Hall–Kier alpha value is -2.24. The van der Waals surface area contributed by atoms with E-state index in [1.165, 1.54) is 7.11 Å². The molecule has 3 saturated heterocycles. The zero-order chi connectivity index (χ0) is 27.2. The van der Waals surface area contributed by atoms with Gasteiger partial charge in [0.25, 0.3) is 0 Å². The summed E-state index contributed by atoms with van der Waals surface area (Å²) in [5, 5.41) is 21.6. The maximum atomic E-state index is 13.7. The molecule has 5 rings (SSSR count). The van der Waals surface area contributed by atoms with E-state index in [2.05, 4.69) is 17.1 Å². The van der Waals surface area contributed by atoms with E-state index in [1.807, 2.05) is 0 Å². The van der Waals surface area contributed by atoms with Gasteiger partial charge >= 0.3 is 11.9 Å². The van der Waals surface area contributed by atoms with Crippen LogP contribution in [0.15, 0.2) is 34.6 Å². The van der Waals surface area contributed by atoms with Crippen molar-refractivity contribution in [2.75, 3.05) is 34.1 Å². The highest BCUT2D eigenvalue weighted by atomic mass is 16.7. The number of carbonyl (C=O) groups is 2. The number of ether oxygens (including phenoxy) is 5. The van der Waals surface area contributed by atoms with Gasteiger partial charge in [0.05, 0.1) is 26.2 Å². The van der Waals surface area contributed by atoms with Crippen LogP contribution in [0.5, 0.6) is 0 Å². The molecule has 10 nitrogen and oxygen atoms in total. The van der Waals surface area contributed by atoms with Crippen LogP contribution in [0.3, 0.4) is 0 Å². The first-order valence-electron chi connectivity index (χ1n) is 13.4. The molecular formula is C28H39NO9. The number of hydrogen-bond donors (Lipinski definition) is 2. The van der Waals surface area contributed by atoms with Crippen LogP contribution in [0.25, 0.3) is 0 Å². The molecule has 6 unspecified atom stereocenters. The van der Waals surface area contributed by atoms with Crippen molar-refractivity contribution in [1.29, 1.82) is 0 Å². The number of nitrogens with zero attached hydrogens (tertiary/aromatic N) is 1. The molecule has 3 aliphatic heterocycles. The minimum absolute atomic E-state index is 0.0164. The summed E-state index contributed by atoms with van der Waals surface area (Å²) < 4.78 is 28.3. The lowest BCUT2D eigenvalue weighted by Gasteiger charge is -2.34. The molecular weight excluding hydrogens is 494 g/mol. The first kappa shape index (κ1) is 27.3. The molecule has 0 spiro atoms. The highest BCUT2D eigenvalue weighted by Gasteiger charge is 2.56. The first-order valence-corrected chi connectivity index (χ1v) is 13.4. The molecule has 10 heteroatoms. The van der Waals surface area contributed by atoms with Crippen molar-refractivity contribution < 1.29 is 43.5 Å². The Labute approximate surface area is 223 Å². The van der Waals surface area contributed by atoms with Gasteiger partial charge in [0, 0.05) is 25.0 Å². The summed E-state index contributed by atoms with van der Waals surface area (Å²) in [7, 11) is 2.79. The maximum absolute atomic E-state index is 13.7. The molecule has 0 aromatic carbocycles. The summed E-state index contributed by atoms with van der Waals surface area (Å²) in [6, 6.07) is 0.0164. The van der Waals surface area contributed by atoms with E-state index in [0.29, 0.717) is 18.6 Å². The van der Waals surface area contributed by atoms with E-state index in [4.69, 9.17) is 23.7 Å². The second-order valence-electron chi connectivity index (χ2n) is 11.6. The number of esters is 2. The van der Waals surface area contributed by atoms with Crippen LogP contribution in [-0.2, 0) is 33.3 Å². The topological polar surface area (TPSA) is 124 Å². The standard InChI is InChI=1S/C28H39NO9/c1-27(2,32)8-5-9-28(33,14-21(30)34-3)26(31)38-25-22-18-13-20-19(36-15-37-20)12-16(18)6-10-29-11-7-17(23(22)29)24(25)35-4/h12-13,19-20,22-23,25,32-33H,5-11,14-15H2,1-4H3. The van der Waals surface area contributed by atoms with Crippen LogP contribution in [0.4, 0.5) is 0 Å². The molecule has 3 fully saturated rings. The molecule has 0 amide bonds. The Morgan fingerprint density at radius 1 is 1.08 bits per heavy atom. The molecule has 38 heavy (non-hydrogen) atoms. The summed E-state index contributed by atoms with van der Waals surface area (Å²) in [5.74, 6) is -1.23. The van der Waals surface area contributed by atoms with Crippen molar-refractivity contribution >= 4 is 11.9 Å². The van der Waals surface area contributed by atoms with Crippen LogP contribution in [0, 0.1) is 5.92 Å². The third-order valence-corrected chi connectivity index (χ3v) is 8.49. The molecule has 2 aliphatic carbocycles. The maximum Gasteiger partial charge on any atom is 0.339 e. The predicted octanol–water partition coefficient (Wildman–Crippen LogP) is 1.75. The fraction of sp³-hybridized carbons (Fsp3) is 0.714. The van der Waals surface area contributed by atoms with E-state index in [0.717, 1.165) is 42.7 Å². The third kappa shape index (κ3) is 5.04. The van der Waals surface area contributed by atoms with Gasteiger partial charge in [0.1, 0.15) is 24.8 Å². The quantitative estimate of drug-likeness (QED) is 0.424. The van der Waals surface area contributed by atoms with Gasteiger partial charge in [-0.3, -0.25) is 9.69 Å². The molecule has 5 aliphatic rings. The average molecular weight is 534 g/mol. The number of fused-ring (bicyclic) bond motifs is 3. The van der Waals surface area contributed by atoms with Crippen molar-refractivity contribution in [3.63, 3.8) is 0 Å². The van der Waals surface area contributed by atoms with E-state index in [9.17, 15) is 19.8 Å². The van der Waals surface area contributed by atoms with Gasteiger partial charge in [-0.2, -0.15) is 0 Å². The molecule has 0 saturated carbocycles. The van der Waals surface area contributed by atoms with Gasteiger partial charge < -0.3 is 33.9 Å². The second-order valence-corrected chi connectivity index (χ2v) is 11.6. The normalized spacial score (nSPS) is 31.9. The van der Waals surface area contributed by atoms with Crippen molar-refractivity contribution in [3.05, 3.63) is 34.6 Å². The minimum Gasteiger partial charge on any atom is -0.497 e. The van der Waals surface area contributed by atoms with E-state index in [-0.39, 0.29) is 37.4 Å². The van der Waals surface area contributed by atoms with Crippen molar-refractivity contribution in [2.24, 2.45) is 5.92 Å². The second kappa shape index (κ2) is 10.4. The highest BCUT2D eigenvalue weighted by Crippen LogP contribution is 2.51. The summed E-state index contributed by atoms with van der Waals surface area (Å²) in [5.41, 5.74) is 0.255. The number of methoxy groups -OCH3 is 2. The summed E-state index contributed by atoms with van der Waals surface area (Å²) in [6.07, 6.45) is 4.86. The zero-order valence-corrected chi connectivity index (χ0v) is 22.6. The molecule has 0 aromatic rings. The summed E-state index contributed by atoms with van der Waals surface area (Å²) in [4.78, 5) is 28.3. The largest absolute Gasteiger partial charge is 0.497 e.